The molecule has 3 heteroatoms. The van der Waals surface area contributed by atoms with Gasteiger partial charge in [-0.1, -0.05) is 36.4 Å². The number of carbonyl (C=O) groups excluding carboxylic acids is 1. The molecule has 0 heterocycles. The van der Waals surface area contributed by atoms with E-state index in [4.69, 9.17) is 9.47 Å². The van der Waals surface area contributed by atoms with Crippen molar-refractivity contribution in [3.05, 3.63) is 70.8 Å². The van der Waals surface area contributed by atoms with Crippen molar-refractivity contribution in [3.63, 3.8) is 0 Å². The van der Waals surface area contributed by atoms with E-state index in [9.17, 15) is 4.79 Å². The highest BCUT2D eigenvalue weighted by Crippen LogP contribution is 2.26. The van der Waals surface area contributed by atoms with Crippen LogP contribution in [0.2, 0.25) is 0 Å². The number of rotatable bonds is 5. The average Bonchev–Trinajstić information content (AvgIpc) is 2.54. The van der Waals surface area contributed by atoms with Crippen LogP contribution < -0.4 is 4.74 Å². The van der Waals surface area contributed by atoms with Gasteiger partial charge in [0.2, 0.25) is 0 Å². The largest absolute Gasteiger partial charge is 0.489 e. The maximum atomic E-state index is 11.8. The highest BCUT2D eigenvalue weighted by atomic mass is 16.6. The predicted octanol–water partition coefficient (Wildman–Crippen LogP) is 5.24. The van der Waals surface area contributed by atoms with Crippen LogP contribution >= 0.6 is 0 Å². The van der Waals surface area contributed by atoms with E-state index in [0.29, 0.717) is 6.61 Å². The molecule has 0 spiro atoms. The molecule has 0 bridgehead atoms. The zero-order valence-electron chi connectivity index (χ0n) is 15.6. The maximum absolute atomic E-state index is 11.8. The van der Waals surface area contributed by atoms with E-state index in [1.54, 1.807) is 6.08 Å². The second-order valence-corrected chi connectivity index (χ2v) is 7.04. The third-order valence-electron chi connectivity index (χ3n) is 3.82. The van der Waals surface area contributed by atoms with Gasteiger partial charge < -0.3 is 9.47 Å². The Morgan fingerprint density at radius 1 is 1.00 bits per heavy atom. The standard InChI is InChI=1S/C22H26O3/c1-16-17(2)20(24-15-18-9-7-6-8-10-18)13-11-19(16)12-14-21(23)25-22(3,4)5/h6-14H,15H2,1-5H3/b14-12+. The van der Waals surface area contributed by atoms with Gasteiger partial charge in [-0.2, -0.15) is 0 Å². The quantitative estimate of drug-likeness (QED) is 0.552. The first-order valence-electron chi connectivity index (χ1n) is 8.44. The summed E-state index contributed by atoms with van der Waals surface area (Å²) in [6.07, 6.45) is 3.26. The van der Waals surface area contributed by atoms with Gasteiger partial charge in [-0.05, 0) is 69.0 Å². The van der Waals surface area contributed by atoms with Crippen molar-refractivity contribution in [2.24, 2.45) is 0 Å². The third-order valence-corrected chi connectivity index (χ3v) is 3.82. The molecule has 0 radical (unpaired) electrons. The normalized spacial score (nSPS) is 11.6. The molecule has 3 nitrogen and oxygen atoms in total. The molecule has 0 amide bonds. The second-order valence-electron chi connectivity index (χ2n) is 7.04. The summed E-state index contributed by atoms with van der Waals surface area (Å²) >= 11 is 0. The molecule has 0 unspecified atom stereocenters. The van der Waals surface area contributed by atoms with Gasteiger partial charge in [0.05, 0.1) is 0 Å². The van der Waals surface area contributed by atoms with Crippen LogP contribution in [0, 0.1) is 13.8 Å². The van der Waals surface area contributed by atoms with Crippen molar-refractivity contribution >= 4 is 12.0 Å². The highest BCUT2D eigenvalue weighted by molar-refractivity contribution is 5.87. The van der Waals surface area contributed by atoms with Crippen molar-refractivity contribution in [3.8, 4) is 5.75 Å². The molecule has 0 aliphatic heterocycles. The van der Waals surface area contributed by atoms with Gasteiger partial charge in [0.25, 0.3) is 0 Å². The summed E-state index contributed by atoms with van der Waals surface area (Å²) < 4.78 is 11.2. The first-order valence-corrected chi connectivity index (χ1v) is 8.44. The lowest BCUT2D eigenvalue weighted by molar-refractivity contribution is -0.148. The molecule has 0 fully saturated rings. The third kappa shape index (κ3) is 5.79. The summed E-state index contributed by atoms with van der Waals surface area (Å²) in [4.78, 5) is 11.8. The number of benzene rings is 2. The number of carbonyl (C=O) groups is 1. The van der Waals surface area contributed by atoms with E-state index in [-0.39, 0.29) is 5.97 Å². The smallest absolute Gasteiger partial charge is 0.331 e. The average molecular weight is 338 g/mol. The van der Waals surface area contributed by atoms with Crippen molar-refractivity contribution in [2.45, 2.75) is 46.8 Å². The molecule has 2 aromatic carbocycles. The summed E-state index contributed by atoms with van der Waals surface area (Å²) in [5, 5.41) is 0. The van der Waals surface area contributed by atoms with Crippen molar-refractivity contribution in [1.29, 1.82) is 0 Å². The van der Waals surface area contributed by atoms with E-state index in [2.05, 4.69) is 0 Å². The van der Waals surface area contributed by atoms with Gasteiger partial charge in [0.1, 0.15) is 18.0 Å². The summed E-state index contributed by atoms with van der Waals surface area (Å²) in [5.41, 5.74) is 3.79. The zero-order chi connectivity index (χ0) is 18.4. The molecule has 0 N–H and O–H groups in total. The van der Waals surface area contributed by atoms with E-state index >= 15 is 0 Å². The van der Waals surface area contributed by atoms with Gasteiger partial charge in [-0.25, -0.2) is 4.79 Å². The zero-order valence-corrected chi connectivity index (χ0v) is 15.6. The maximum Gasteiger partial charge on any atom is 0.331 e. The van der Waals surface area contributed by atoms with Crippen LogP contribution in [0.5, 0.6) is 5.75 Å². The summed E-state index contributed by atoms with van der Waals surface area (Å²) in [7, 11) is 0. The van der Waals surface area contributed by atoms with E-state index in [1.165, 1.54) is 6.08 Å². The van der Waals surface area contributed by atoms with Crippen LogP contribution in [-0.4, -0.2) is 11.6 Å². The number of esters is 1. The van der Waals surface area contributed by atoms with E-state index < -0.39 is 5.60 Å². The minimum absolute atomic E-state index is 0.339. The van der Waals surface area contributed by atoms with Crippen LogP contribution in [0.25, 0.3) is 6.08 Å². The molecule has 0 atom stereocenters. The summed E-state index contributed by atoms with van der Waals surface area (Å²) in [5.74, 6) is 0.518. The molecule has 0 aliphatic rings. The van der Waals surface area contributed by atoms with Crippen molar-refractivity contribution in [1.82, 2.24) is 0 Å². The van der Waals surface area contributed by atoms with Crippen LogP contribution in [-0.2, 0) is 16.1 Å². The Hall–Kier alpha value is -2.55. The Bertz CT molecular complexity index is 753. The Morgan fingerprint density at radius 2 is 1.68 bits per heavy atom. The SMILES string of the molecule is Cc1c(/C=C/C(=O)OC(C)(C)C)ccc(OCc2ccccc2)c1C. The molecular weight excluding hydrogens is 312 g/mol. The number of ether oxygens (including phenoxy) is 2. The lowest BCUT2D eigenvalue weighted by atomic mass is 10.0. The fourth-order valence-corrected chi connectivity index (χ4v) is 2.38. The van der Waals surface area contributed by atoms with Gasteiger partial charge in [-0.15, -0.1) is 0 Å². The topological polar surface area (TPSA) is 35.5 Å². The highest BCUT2D eigenvalue weighted by Gasteiger charge is 2.14. The van der Waals surface area contributed by atoms with E-state index in [0.717, 1.165) is 28.0 Å². The predicted molar refractivity (Wildman–Crippen MR) is 102 cm³/mol. The summed E-state index contributed by atoms with van der Waals surface area (Å²) in [6, 6.07) is 14.0. The Morgan fingerprint density at radius 3 is 2.32 bits per heavy atom. The molecule has 25 heavy (non-hydrogen) atoms. The van der Waals surface area contributed by atoms with Gasteiger partial charge in [0.15, 0.2) is 0 Å². The van der Waals surface area contributed by atoms with Gasteiger partial charge in [0, 0.05) is 6.08 Å². The van der Waals surface area contributed by atoms with Crippen LogP contribution in [0.15, 0.2) is 48.5 Å². The van der Waals surface area contributed by atoms with Crippen LogP contribution in [0.1, 0.15) is 43.0 Å². The molecule has 2 rings (SSSR count). The lowest BCUT2D eigenvalue weighted by Gasteiger charge is -2.18. The Kier molecular flexibility index (Phi) is 6.02. The molecule has 0 aliphatic carbocycles. The molecule has 0 aromatic heterocycles. The van der Waals surface area contributed by atoms with Gasteiger partial charge >= 0.3 is 5.97 Å². The number of hydrogen-bond donors (Lipinski definition) is 0. The minimum Gasteiger partial charge on any atom is -0.489 e. The molecule has 2 aromatic rings. The molecular formula is C22H26O3. The second kappa shape index (κ2) is 8.02. The monoisotopic (exact) mass is 338 g/mol. The Balaban J connectivity index is 2.08. The molecule has 0 saturated heterocycles. The van der Waals surface area contributed by atoms with Crippen LogP contribution in [0.4, 0.5) is 0 Å². The lowest BCUT2D eigenvalue weighted by Crippen LogP contribution is -2.22. The Labute approximate surface area is 150 Å². The van der Waals surface area contributed by atoms with E-state index in [1.807, 2.05) is 77.1 Å². The molecule has 132 valence electrons. The van der Waals surface area contributed by atoms with Crippen molar-refractivity contribution < 1.29 is 14.3 Å². The molecule has 0 saturated carbocycles. The number of hydrogen-bond acceptors (Lipinski definition) is 3. The van der Waals surface area contributed by atoms with Gasteiger partial charge in [-0.3, -0.25) is 0 Å². The fraction of sp³-hybridized carbons (Fsp3) is 0.318. The summed E-state index contributed by atoms with van der Waals surface area (Å²) in [6.45, 7) is 10.2. The van der Waals surface area contributed by atoms with Crippen molar-refractivity contribution in [2.75, 3.05) is 0 Å². The fourth-order valence-electron chi connectivity index (χ4n) is 2.38. The van der Waals surface area contributed by atoms with Crippen LogP contribution in [0.3, 0.4) is 0 Å². The first-order chi connectivity index (χ1) is 11.8. The minimum atomic E-state index is -0.485. The first kappa shape index (κ1) is 18.8.